The Kier molecular flexibility index (Phi) is 4.74. The molecule has 0 spiro atoms. The summed E-state index contributed by atoms with van der Waals surface area (Å²) in [7, 11) is 1.97. The van der Waals surface area contributed by atoms with E-state index >= 15 is 0 Å². The van der Waals surface area contributed by atoms with Gasteiger partial charge in [-0.3, -0.25) is 0 Å². The van der Waals surface area contributed by atoms with Crippen molar-refractivity contribution in [1.82, 2.24) is 4.98 Å². The Balaban J connectivity index is 2.08. The zero-order valence-corrected chi connectivity index (χ0v) is 12.7. The molecule has 0 amide bonds. The molecule has 1 aromatic heterocycles. The van der Waals surface area contributed by atoms with Gasteiger partial charge in [0.1, 0.15) is 0 Å². The van der Waals surface area contributed by atoms with Crippen LogP contribution in [0.25, 0.3) is 0 Å². The lowest BCUT2D eigenvalue weighted by Crippen LogP contribution is -2.17. The van der Waals surface area contributed by atoms with Gasteiger partial charge in [-0.25, -0.2) is 9.78 Å². The van der Waals surface area contributed by atoms with Gasteiger partial charge in [-0.05, 0) is 25.0 Å². The summed E-state index contributed by atoms with van der Waals surface area (Å²) in [6.45, 7) is 5.01. The first-order valence-corrected chi connectivity index (χ1v) is 7.38. The summed E-state index contributed by atoms with van der Waals surface area (Å²) in [5.41, 5.74) is 2.88. The number of hydrogen-bond acceptors (Lipinski definition) is 5. The van der Waals surface area contributed by atoms with Crippen LogP contribution < -0.4 is 4.90 Å². The van der Waals surface area contributed by atoms with E-state index in [-0.39, 0.29) is 5.97 Å². The van der Waals surface area contributed by atoms with Crippen molar-refractivity contribution < 1.29 is 9.53 Å². The molecule has 0 unspecified atom stereocenters. The minimum absolute atomic E-state index is 0.362. The Labute approximate surface area is 123 Å². The lowest BCUT2D eigenvalue weighted by atomic mass is 10.1. The van der Waals surface area contributed by atoms with E-state index < -0.39 is 0 Å². The highest BCUT2D eigenvalue weighted by molar-refractivity contribution is 7.13. The van der Waals surface area contributed by atoms with E-state index in [1.54, 1.807) is 12.3 Å². The van der Waals surface area contributed by atoms with Gasteiger partial charge in [0.25, 0.3) is 0 Å². The molecule has 20 heavy (non-hydrogen) atoms. The number of hydrogen-bond donors (Lipinski definition) is 0. The van der Waals surface area contributed by atoms with Crippen molar-refractivity contribution >= 4 is 22.4 Å². The van der Waals surface area contributed by atoms with Crippen molar-refractivity contribution in [1.29, 1.82) is 0 Å². The summed E-state index contributed by atoms with van der Waals surface area (Å²) in [6.07, 6.45) is 0. The van der Waals surface area contributed by atoms with E-state index in [4.69, 9.17) is 4.74 Å². The Morgan fingerprint density at radius 2 is 2.15 bits per heavy atom. The van der Waals surface area contributed by atoms with E-state index in [1.807, 2.05) is 24.1 Å². The number of rotatable bonds is 5. The summed E-state index contributed by atoms with van der Waals surface area (Å²) in [6, 6.07) is 8.25. The Morgan fingerprint density at radius 1 is 1.40 bits per heavy atom. The molecule has 0 N–H and O–H groups in total. The topological polar surface area (TPSA) is 42.4 Å². The number of aromatic nitrogens is 1. The molecule has 1 heterocycles. The summed E-state index contributed by atoms with van der Waals surface area (Å²) < 4.78 is 4.95. The van der Waals surface area contributed by atoms with Gasteiger partial charge >= 0.3 is 5.97 Å². The van der Waals surface area contributed by atoms with Crippen LogP contribution in [0.1, 0.15) is 28.5 Å². The Hall–Kier alpha value is -1.88. The molecule has 0 aliphatic heterocycles. The van der Waals surface area contributed by atoms with Crippen LogP contribution in [0.15, 0.2) is 29.6 Å². The third-order valence-corrected chi connectivity index (χ3v) is 3.93. The van der Waals surface area contributed by atoms with Gasteiger partial charge in [0, 0.05) is 19.0 Å². The predicted molar refractivity (Wildman–Crippen MR) is 81.4 cm³/mol. The summed E-state index contributed by atoms with van der Waals surface area (Å²) in [4.78, 5) is 18.0. The fourth-order valence-electron chi connectivity index (χ4n) is 1.85. The van der Waals surface area contributed by atoms with Gasteiger partial charge < -0.3 is 9.64 Å². The van der Waals surface area contributed by atoms with Gasteiger partial charge in [-0.1, -0.05) is 24.3 Å². The zero-order valence-electron chi connectivity index (χ0n) is 11.9. The number of nitrogens with zero attached hydrogens (tertiary/aromatic N) is 2. The van der Waals surface area contributed by atoms with Gasteiger partial charge in [0.05, 0.1) is 6.61 Å². The van der Waals surface area contributed by atoms with Crippen molar-refractivity contribution in [2.75, 3.05) is 18.6 Å². The average Bonchev–Trinajstić information content (AvgIpc) is 2.91. The van der Waals surface area contributed by atoms with Crippen LogP contribution in [0.3, 0.4) is 0 Å². The Bertz CT molecular complexity index is 595. The van der Waals surface area contributed by atoms with Gasteiger partial charge in [-0.15, -0.1) is 11.3 Å². The molecule has 2 rings (SSSR count). The maximum absolute atomic E-state index is 11.6. The van der Waals surface area contributed by atoms with Crippen LogP contribution in [0.4, 0.5) is 5.13 Å². The summed E-state index contributed by atoms with van der Waals surface area (Å²) >= 11 is 1.45. The predicted octanol–water partition coefficient (Wildman–Crippen LogP) is 3.26. The highest BCUT2D eigenvalue weighted by atomic mass is 32.1. The van der Waals surface area contributed by atoms with Gasteiger partial charge in [-0.2, -0.15) is 0 Å². The van der Waals surface area contributed by atoms with E-state index in [2.05, 4.69) is 24.0 Å². The molecular formula is C15H18N2O2S. The smallest absolute Gasteiger partial charge is 0.357 e. The van der Waals surface area contributed by atoms with Gasteiger partial charge in [0.15, 0.2) is 10.8 Å². The Morgan fingerprint density at radius 3 is 2.85 bits per heavy atom. The first kappa shape index (κ1) is 14.5. The van der Waals surface area contributed by atoms with Crippen molar-refractivity contribution in [3.05, 3.63) is 46.5 Å². The lowest BCUT2D eigenvalue weighted by Gasteiger charge is -2.17. The largest absolute Gasteiger partial charge is 0.461 e. The maximum atomic E-state index is 11.6. The first-order valence-electron chi connectivity index (χ1n) is 6.50. The first-order chi connectivity index (χ1) is 9.61. The molecule has 2 aromatic rings. The van der Waals surface area contributed by atoms with Crippen molar-refractivity contribution in [2.24, 2.45) is 0 Å². The van der Waals surface area contributed by atoms with Crippen LogP contribution in [-0.4, -0.2) is 24.6 Å². The van der Waals surface area contributed by atoms with Crippen molar-refractivity contribution in [3.8, 4) is 0 Å². The number of carbonyl (C=O) groups excluding carboxylic acids is 1. The van der Waals surface area contributed by atoms with Gasteiger partial charge in [0.2, 0.25) is 0 Å². The molecule has 0 radical (unpaired) electrons. The van der Waals surface area contributed by atoms with Crippen molar-refractivity contribution in [2.45, 2.75) is 20.4 Å². The number of carbonyl (C=O) groups is 1. The molecule has 4 nitrogen and oxygen atoms in total. The second-order valence-corrected chi connectivity index (χ2v) is 5.35. The van der Waals surface area contributed by atoms with E-state index in [9.17, 15) is 4.79 Å². The number of aryl methyl sites for hydroxylation is 1. The van der Waals surface area contributed by atoms with Crippen LogP contribution in [0.5, 0.6) is 0 Å². The summed E-state index contributed by atoms with van der Waals surface area (Å²) in [5, 5.41) is 2.55. The maximum Gasteiger partial charge on any atom is 0.357 e. The molecule has 0 bridgehead atoms. The molecule has 0 saturated heterocycles. The molecule has 106 valence electrons. The fourth-order valence-corrected chi connectivity index (χ4v) is 2.61. The average molecular weight is 290 g/mol. The third-order valence-electron chi connectivity index (χ3n) is 2.97. The quantitative estimate of drug-likeness (QED) is 0.793. The normalized spacial score (nSPS) is 10.3. The summed E-state index contributed by atoms with van der Waals surface area (Å²) in [5.74, 6) is -0.362. The highest BCUT2D eigenvalue weighted by Gasteiger charge is 2.14. The lowest BCUT2D eigenvalue weighted by molar-refractivity contribution is 0.0520. The minimum atomic E-state index is -0.362. The zero-order chi connectivity index (χ0) is 14.5. The molecule has 0 saturated carbocycles. The van der Waals surface area contributed by atoms with Crippen LogP contribution in [-0.2, 0) is 11.3 Å². The van der Waals surface area contributed by atoms with Crippen LogP contribution >= 0.6 is 11.3 Å². The van der Waals surface area contributed by atoms with Crippen molar-refractivity contribution in [3.63, 3.8) is 0 Å². The second kappa shape index (κ2) is 6.52. The number of thiazole rings is 1. The van der Waals surface area contributed by atoms with E-state index in [0.29, 0.717) is 12.3 Å². The SMILES string of the molecule is CCOC(=O)c1csc(N(C)Cc2ccccc2C)n1. The molecule has 5 heteroatoms. The van der Waals surface area contributed by atoms with E-state index in [0.717, 1.165) is 11.7 Å². The fraction of sp³-hybridized carbons (Fsp3) is 0.333. The monoisotopic (exact) mass is 290 g/mol. The number of benzene rings is 1. The number of ether oxygens (including phenoxy) is 1. The number of anilines is 1. The van der Waals surface area contributed by atoms with E-state index in [1.165, 1.54) is 22.5 Å². The van der Waals surface area contributed by atoms with Crippen LogP contribution in [0, 0.1) is 6.92 Å². The third kappa shape index (κ3) is 3.36. The molecular weight excluding hydrogens is 272 g/mol. The number of esters is 1. The minimum Gasteiger partial charge on any atom is -0.461 e. The molecule has 0 aliphatic rings. The standard InChI is InChI=1S/C15H18N2O2S/c1-4-19-14(18)13-10-20-15(16-13)17(3)9-12-8-6-5-7-11(12)2/h5-8,10H,4,9H2,1-3H3. The molecule has 0 atom stereocenters. The molecule has 1 aromatic carbocycles. The molecule has 0 fully saturated rings. The van der Waals surface area contributed by atoms with Crippen LogP contribution in [0.2, 0.25) is 0 Å². The highest BCUT2D eigenvalue weighted by Crippen LogP contribution is 2.22. The second-order valence-electron chi connectivity index (χ2n) is 4.52. The molecule has 0 aliphatic carbocycles.